The van der Waals surface area contributed by atoms with Gasteiger partial charge in [-0.1, -0.05) is 0 Å². The zero-order valence-corrected chi connectivity index (χ0v) is 9.78. The highest BCUT2D eigenvalue weighted by molar-refractivity contribution is 6.00. The van der Waals surface area contributed by atoms with E-state index >= 15 is 0 Å². The van der Waals surface area contributed by atoms with Crippen molar-refractivity contribution >= 4 is 5.78 Å². The third kappa shape index (κ3) is 2.20. The molecule has 2 aliphatic rings. The second-order valence-corrected chi connectivity index (χ2v) is 4.66. The largest absolute Gasteiger partial charge is 0.465 e. The lowest BCUT2D eigenvalue weighted by Crippen LogP contribution is -2.25. The lowest BCUT2D eigenvalue weighted by molar-refractivity contribution is -0.105. The number of carbonyl (C=O) groups excluding carboxylic acids is 1. The first-order chi connectivity index (χ1) is 8.33. The lowest BCUT2D eigenvalue weighted by Gasteiger charge is -2.23. The normalized spacial score (nSPS) is 23.5. The van der Waals surface area contributed by atoms with E-state index in [0.29, 0.717) is 6.42 Å². The first-order valence-electron chi connectivity index (χ1n) is 6.27. The topological polar surface area (TPSA) is 35.5 Å². The Morgan fingerprint density at radius 3 is 3.00 bits per heavy atom. The molecule has 90 valence electrons. The zero-order chi connectivity index (χ0) is 11.7. The number of Topliss-reactive ketones (excluding diaryl/α,β-unsaturated/α-hetero) is 1. The van der Waals surface area contributed by atoms with Crippen molar-refractivity contribution < 1.29 is 14.3 Å². The Labute approximate surface area is 101 Å². The summed E-state index contributed by atoms with van der Waals surface area (Å²) in [7, 11) is 0. The number of benzene rings is 1. The highest BCUT2D eigenvalue weighted by Crippen LogP contribution is 2.27. The van der Waals surface area contributed by atoms with E-state index in [2.05, 4.69) is 0 Å². The maximum atomic E-state index is 11.5. The maximum Gasteiger partial charge on any atom is 0.199 e. The minimum atomic E-state index is -0.112. The predicted octanol–water partition coefficient (Wildman–Crippen LogP) is 2.72. The zero-order valence-electron chi connectivity index (χ0n) is 9.78. The van der Waals surface area contributed by atoms with Gasteiger partial charge in [0.05, 0.1) is 6.61 Å². The van der Waals surface area contributed by atoms with Crippen LogP contribution in [0.15, 0.2) is 18.2 Å². The van der Waals surface area contributed by atoms with Crippen molar-refractivity contribution in [1.29, 1.82) is 0 Å². The summed E-state index contributed by atoms with van der Waals surface area (Å²) >= 11 is 0. The summed E-state index contributed by atoms with van der Waals surface area (Å²) in [4.78, 5) is 11.5. The molecule has 1 aromatic rings. The van der Waals surface area contributed by atoms with Gasteiger partial charge in [0.1, 0.15) is 5.75 Å². The molecule has 3 rings (SSSR count). The molecule has 1 heterocycles. The number of rotatable bonds is 2. The smallest absolute Gasteiger partial charge is 0.199 e. The van der Waals surface area contributed by atoms with Gasteiger partial charge in [-0.15, -0.1) is 0 Å². The third-order valence-electron chi connectivity index (χ3n) is 3.40. The fraction of sp³-hybridized carbons (Fsp3) is 0.500. The van der Waals surface area contributed by atoms with Gasteiger partial charge in [-0.3, -0.25) is 4.79 Å². The molecular formula is C14H16O3. The summed E-state index contributed by atoms with van der Waals surface area (Å²) in [5, 5.41) is 0. The molecule has 1 saturated heterocycles. The minimum absolute atomic E-state index is 0.112. The fourth-order valence-corrected chi connectivity index (χ4v) is 2.46. The molecule has 0 N–H and O–H groups in total. The lowest BCUT2D eigenvalue weighted by atomic mass is 10.1. The number of carbonyl (C=O) groups is 1. The monoisotopic (exact) mass is 232 g/mol. The van der Waals surface area contributed by atoms with Gasteiger partial charge in [-0.05, 0) is 43.0 Å². The summed E-state index contributed by atoms with van der Waals surface area (Å²) < 4.78 is 11.3. The number of ketones is 1. The van der Waals surface area contributed by atoms with E-state index in [1.54, 1.807) is 0 Å². The maximum absolute atomic E-state index is 11.5. The van der Waals surface area contributed by atoms with E-state index < -0.39 is 0 Å². The van der Waals surface area contributed by atoms with Crippen LogP contribution in [0.25, 0.3) is 0 Å². The molecule has 0 amide bonds. The summed E-state index contributed by atoms with van der Waals surface area (Å²) in [6, 6.07) is 5.74. The van der Waals surface area contributed by atoms with Gasteiger partial charge >= 0.3 is 0 Å². The number of hydrogen-bond acceptors (Lipinski definition) is 3. The number of ether oxygens (including phenoxy) is 2. The van der Waals surface area contributed by atoms with Crippen LogP contribution < -0.4 is 4.74 Å². The highest BCUT2D eigenvalue weighted by Gasteiger charge is 2.21. The van der Waals surface area contributed by atoms with E-state index in [9.17, 15) is 4.79 Å². The Morgan fingerprint density at radius 2 is 2.18 bits per heavy atom. The highest BCUT2D eigenvalue weighted by atomic mass is 16.7. The van der Waals surface area contributed by atoms with Gasteiger partial charge in [0, 0.05) is 18.4 Å². The quantitative estimate of drug-likeness (QED) is 0.786. The Kier molecular flexibility index (Phi) is 2.85. The summed E-state index contributed by atoms with van der Waals surface area (Å²) in [6.07, 6.45) is 4.61. The average Bonchev–Trinajstić information content (AvgIpc) is 2.72. The molecule has 1 aliphatic carbocycles. The standard InChI is InChI=1S/C14H16O3/c15-13-7-4-10-9-11(5-6-12(10)13)17-14-3-1-2-8-16-14/h5-6,9,14H,1-4,7-8H2/t14-/m0/s1. The molecule has 1 aromatic carbocycles. The molecule has 0 aromatic heterocycles. The van der Waals surface area contributed by atoms with Crippen LogP contribution in [0.3, 0.4) is 0 Å². The number of fused-ring (bicyclic) bond motifs is 1. The van der Waals surface area contributed by atoms with E-state index in [1.807, 2.05) is 18.2 Å². The van der Waals surface area contributed by atoms with Crippen molar-refractivity contribution in [3.05, 3.63) is 29.3 Å². The SMILES string of the molecule is O=C1CCc2cc(O[C@H]3CCCCO3)ccc21. The van der Waals surface area contributed by atoms with Crippen LogP contribution in [0, 0.1) is 0 Å². The van der Waals surface area contributed by atoms with Crippen molar-refractivity contribution in [2.24, 2.45) is 0 Å². The Hall–Kier alpha value is -1.35. The number of aryl methyl sites for hydroxylation is 1. The Balaban J connectivity index is 1.73. The van der Waals surface area contributed by atoms with Gasteiger partial charge in [0.25, 0.3) is 0 Å². The van der Waals surface area contributed by atoms with Crippen LogP contribution in [-0.2, 0) is 11.2 Å². The van der Waals surface area contributed by atoms with E-state index in [4.69, 9.17) is 9.47 Å². The average molecular weight is 232 g/mol. The molecule has 3 heteroatoms. The van der Waals surface area contributed by atoms with Crippen LogP contribution in [-0.4, -0.2) is 18.7 Å². The fourth-order valence-electron chi connectivity index (χ4n) is 2.46. The first kappa shape index (κ1) is 10.8. The van der Waals surface area contributed by atoms with Gasteiger partial charge in [0.15, 0.2) is 12.1 Å². The van der Waals surface area contributed by atoms with Gasteiger partial charge in [0.2, 0.25) is 0 Å². The molecule has 1 atom stereocenters. The van der Waals surface area contributed by atoms with Crippen LogP contribution in [0.2, 0.25) is 0 Å². The minimum Gasteiger partial charge on any atom is -0.465 e. The predicted molar refractivity (Wildman–Crippen MR) is 63.3 cm³/mol. The first-order valence-corrected chi connectivity index (χ1v) is 6.27. The van der Waals surface area contributed by atoms with Crippen molar-refractivity contribution in [1.82, 2.24) is 0 Å². The van der Waals surface area contributed by atoms with Crippen molar-refractivity contribution in [3.63, 3.8) is 0 Å². The van der Waals surface area contributed by atoms with Crippen LogP contribution >= 0.6 is 0 Å². The molecular weight excluding hydrogens is 216 g/mol. The van der Waals surface area contributed by atoms with E-state index in [0.717, 1.165) is 49.2 Å². The van der Waals surface area contributed by atoms with Gasteiger partial charge in [-0.25, -0.2) is 0 Å². The summed E-state index contributed by atoms with van der Waals surface area (Å²) in [5.41, 5.74) is 1.98. The van der Waals surface area contributed by atoms with Crippen LogP contribution in [0.1, 0.15) is 41.6 Å². The van der Waals surface area contributed by atoms with E-state index in [1.165, 1.54) is 0 Å². The molecule has 0 radical (unpaired) electrons. The second-order valence-electron chi connectivity index (χ2n) is 4.66. The van der Waals surface area contributed by atoms with Crippen LogP contribution in [0.5, 0.6) is 5.75 Å². The molecule has 0 bridgehead atoms. The molecule has 1 aliphatic heterocycles. The molecule has 3 nitrogen and oxygen atoms in total. The molecule has 0 spiro atoms. The number of hydrogen-bond donors (Lipinski definition) is 0. The van der Waals surface area contributed by atoms with Crippen molar-refractivity contribution in [2.45, 2.75) is 38.4 Å². The molecule has 17 heavy (non-hydrogen) atoms. The van der Waals surface area contributed by atoms with E-state index in [-0.39, 0.29) is 12.1 Å². The Bertz CT molecular complexity index is 433. The Morgan fingerprint density at radius 1 is 1.24 bits per heavy atom. The molecule has 1 fully saturated rings. The second kappa shape index (κ2) is 4.49. The summed E-state index contributed by atoms with van der Waals surface area (Å²) in [6.45, 7) is 0.786. The molecule has 0 unspecified atom stereocenters. The van der Waals surface area contributed by atoms with Crippen molar-refractivity contribution in [3.8, 4) is 5.75 Å². The van der Waals surface area contributed by atoms with Gasteiger partial charge in [-0.2, -0.15) is 0 Å². The molecule has 0 saturated carbocycles. The van der Waals surface area contributed by atoms with Crippen molar-refractivity contribution in [2.75, 3.05) is 6.61 Å². The van der Waals surface area contributed by atoms with Gasteiger partial charge < -0.3 is 9.47 Å². The third-order valence-corrected chi connectivity index (χ3v) is 3.40. The van der Waals surface area contributed by atoms with Crippen LogP contribution in [0.4, 0.5) is 0 Å². The summed E-state index contributed by atoms with van der Waals surface area (Å²) in [5.74, 6) is 1.07.